The van der Waals surface area contributed by atoms with Crippen molar-refractivity contribution in [2.75, 3.05) is 29.5 Å². The number of rotatable bonds is 1. The smallest absolute Gasteiger partial charge is 0.152 e. The van der Waals surface area contributed by atoms with Crippen LogP contribution < -0.4 is 4.90 Å². The van der Waals surface area contributed by atoms with Crippen LogP contribution in [0.25, 0.3) is 0 Å². The van der Waals surface area contributed by atoms with Crippen LogP contribution in [0.5, 0.6) is 0 Å². The average Bonchev–Trinajstić information content (AvgIpc) is 2.44. The SMILES string of the molecule is O=S1(=O)CCCN(c2ncnc(Cl)c2Br)CC1. The largest absolute Gasteiger partial charge is 0.354 e. The van der Waals surface area contributed by atoms with Crippen molar-refractivity contribution in [2.45, 2.75) is 6.42 Å². The molecule has 0 spiro atoms. The molecule has 1 fully saturated rings. The topological polar surface area (TPSA) is 63.2 Å². The first kappa shape index (κ1) is 13.0. The molecule has 0 bridgehead atoms. The summed E-state index contributed by atoms with van der Waals surface area (Å²) in [6.45, 7) is 1.10. The molecule has 0 N–H and O–H groups in total. The molecule has 0 aliphatic carbocycles. The van der Waals surface area contributed by atoms with E-state index in [1.807, 2.05) is 4.90 Å². The fourth-order valence-corrected chi connectivity index (χ4v) is 3.57. The predicted molar refractivity (Wildman–Crippen MR) is 70.2 cm³/mol. The van der Waals surface area contributed by atoms with Crippen LogP contribution in [-0.2, 0) is 9.84 Å². The summed E-state index contributed by atoms with van der Waals surface area (Å²) in [7, 11) is -2.92. The van der Waals surface area contributed by atoms with E-state index in [1.54, 1.807) is 0 Å². The Morgan fingerprint density at radius 3 is 2.82 bits per heavy atom. The third kappa shape index (κ3) is 3.08. The van der Waals surface area contributed by atoms with E-state index in [4.69, 9.17) is 11.6 Å². The number of anilines is 1. The molecule has 1 aromatic heterocycles. The molecular weight excluding hydrogens is 330 g/mol. The average molecular weight is 341 g/mol. The Balaban J connectivity index is 2.26. The molecule has 2 rings (SSSR count). The van der Waals surface area contributed by atoms with Crippen molar-refractivity contribution in [3.63, 3.8) is 0 Å². The fourth-order valence-electron chi connectivity index (χ4n) is 1.71. The molecule has 0 saturated carbocycles. The van der Waals surface area contributed by atoms with Gasteiger partial charge in [0.05, 0.1) is 16.0 Å². The first-order valence-corrected chi connectivity index (χ1v) is 8.10. The van der Waals surface area contributed by atoms with E-state index in [-0.39, 0.29) is 11.5 Å². The van der Waals surface area contributed by atoms with Crippen LogP contribution in [0.4, 0.5) is 5.82 Å². The highest BCUT2D eigenvalue weighted by Gasteiger charge is 2.22. The zero-order chi connectivity index (χ0) is 12.5. The van der Waals surface area contributed by atoms with Crippen molar-refractivity contribution in [1.82, 2.24) is 9.97 Å². The lowest BCUT2D eigenvalue weighted by molar-refractivity contribution is 0.597. The summed E-state index contributed by atoms with van der Waals surface area (Å²) in [4.78, 5) is 9.91. The molecule has 0 radical (unpaired) electrons. The Morgan fingerprint density at radius 2 is 2.06 bits per heavy atom. The van der Waals surface area contributed by atoms with E-state index in [9.17, 15) is 8.42 Å². The minimum Gasteiger partial charge on any atom is -0.354 e. The summed E-state index contributed by atoms with van der Waals surface area (Å²) >= 11 is 9.21. The number of hydrogen-bond acceptors (Lipinski definition) is 5. The van der Waals surface area contributed by atoms with Crippen molar-refractivity contribution in [2.24, 2.45) is 0 Å². The van der Waals surface area contributed by atoms with Gasteiger partial charge >= 0.3 is 0 Å². The number of sulfone groups is 1. The van der Waals surface area contributed by atoms with Crippen molar-refractivity contribution in [3.05, 3.63) is 16.0 Å². The van der Waals surface area contributed by atoms with Gasteiger partial charge in [0.15, 0.2) is 9.84 Å². The zero-order valence-corrected chi connectivity index (χ0v) is 12.1. The van der Waals surface area contributed by atoms with E-state index in [0.717, 1.165) is 0 Å². The maximum absolute atomic E-state index is 11.5. The Kier molecular flexibility index (Phi) is 3.89. The van der Waals surface area contributed by atoms with Gasteiger partial charge in [0, 0.05) is 13.1 Å². The molecule has 0 amide bonds. The van der Waals surface area contributed by atoms with Gasteiger partial charge in [-0.05, 0) is 22.4 Å². The standard InChI is InChI=1S/C9H11BrClN3O2S/c10-7-8(11)12-6-13-9(7)14-2-1-4-17(15,16)5-3-14/h6H,1-5H2. The fraction of sp³-hybridized carbons (Fsp3) is 0.556. The van der Waals surface area contributed by atoms with Crippen LogP contribution in [0.15, 0.2) is 10.8 Å². The lowest BCUT2D eigenvalue weighted by Crippen LogP contribution is -2.28. The minimum atomic E-state index is -2.92. The monoisotopic (exact) mass is 339 g/mol. The second kappa shape index (κ2) is 5.07. The lowest BCUT2D eigenvalue weighted by atomic mass is 10.4. The van der Waals surface area contributed by atoms with Crippen LogP contribution >= 0.6 is 27.5 Å². The number of aromatic nitrogens is 2. The molecule has 0 aromatic carbocycles. The molecule has 8 heteroatoms. The molecule has 2 heterocycles. The van der Waals surface area contributed by atoms with E-state index in [2.05, 4.69) is 25.9 Å². The third-order valence-corrected chi connectivity index (χ3v) is 5.54. The van der Waals surface area contributed by atoms with E-state index in [1.165, 1.54) is 6.33 Å². The Hall–Kier alpha value is -0.400. The second-order valence-electron chi connectivity index (χ2n) is 3.79. The summed E-state index contributed by atoms with van der Waals surface area (Å²) in [5.74, 6) is 1.04. The molecule has 0 unspecified atom stereocenters. The van der Waals surface area contributed by atoms with Crippen molar-refractivity contribution >= 4 is 43.2 Å². The van der Waals surface area contributed by atoms with Crippen molar-refractivity contribution in [3.8, 4) is 0 Å². The van der Waals surface area contributed by atoms with Gasteiger partial charge < -0.3 is 4.90 Å². The lowest BCUT2D eigenvalue weighted by Gasteiger charge is -2.21. The normalized spacial score (nSPS) is 20.0. The number of hydrogen-bond donors (Lipinski definition) is 0. The first-order chi connectivity index (χ1) is 7.99. The Labute approximate surface area is 113 Å². The van der Waals surface area contributed by atoms with Gasteiger partial charge in [0.2, 0.25) is 0 Å². The van der Waals surface area contributed by atoms with Crippen LogP contribution in [0.2, 0.25) is 5.15 Å². The van der Waals surface area contributed by atoms with E-state index < -0.39 is 9.84 Å². The maximum atomic E-state index is 11.5. The van der Waals surface area contributed by atoms with Gasteiger partial charge in [-0.2, -0.15) is 0 Å². The molecule has 0 atom stereocenters. The van der Waals surface area contributed by atoms with Crippen molar-refractivity contribution < 1.29 is 8.42 Å². The second-order valence-corrected chi connectivity index (χ2v) is 7.25. The molecule has 94 valence electrons. The van der Waals surface area contributed by atoms with Gasteiger partial charge in [-0.25, -0.2) is 18.4 Å². The van der Waals surface area contributed by atoms with Gasteiger partial charge in [-0.15, -0.1) is 0 Å². The highest BCUT2D eigenvalue weighted by atomic mass is 79.9. The van der Waals surface area contributed by atoms with Crippen LogP contribution in [-0.4, -0.2) is 43.0 Å². The van der Waals surface area contributed by atoms with Gasteiger partial charge in [-0.3, -0.25) is 0 Å². The molecule has 1 aromatic rings. The molecule has 1 aliphatic heterocycles. The zero-order valence-electron chi connectivity index (χ0n) is 8.94. The van der Waals surface area contributed by atoms with Gasteiger partial charge in [0.25, 0.3) is 0 Å². The molecular formula is C9H11BrClN3O2S. The Morgan fingerprint density at radius 1 is 1.29 bits per heavy atom. The van der Waals surface area contributed by atoms with Crippen LogP contribution in [0.1, 0.15) is 6.42 Å². The van der Waals surface area contributed by atoms with Crippen molar-refractivity contribution in [1.29, 1.82) is 0 Å². The van der Waals surface area contributed by atoms with Gasteiger partial charge in [-0.1, -0.05) is 11.6 Å². The quantitative estimate of drug-likeness (QED) is 0.725. The molecule has 17 heavy (non-hydrogen) atoms. The highest BCUT2D eigenvalue weighted by Crippen LogP contribution is 2.29. The molecule has 5 nitrogen and oxygen atoms in total. The first-order valence-electron chi connectivity index (χ1n) is 5.11. The van der Waals surface area contributed by atoms with E-state index in [0.29, 0.717) is 35.0 Å². The number of halogens is 2. The van der Waals surface area contributed by atoms with E-state index >= 15 is 0 Å². The summed E-state index contributed by atoms with van der Waals surface area (Å²) in [5.41, 5.74) is 0. The van der Waals surface area contributed by atoms with Crippen LogP contribution in [0, 0.1) is 0 Å². The minimum absolute atomic E-state index is 0.154. The summed E-state index contributed by atoms with van der Waals surface area (Å²) in [6, 6.07) is 0. The highest BCUT2D eigenvalue weighted by molar-refractivity contribution is 9.10. The third-order valence-electron chi connectivity index (χ3n) is 2.58. The molecule has 1 saturated heterocycles. The summed E-state index contributed by atoms with van der Waals surface area (Å²) in [6.07, 6.45) is 1.98. The Bertz CT molecular complexity index is 523. The van der Waals surface area contributed by atoms with Crippen LogP contribution in [0.3, 0.4) is 0 Å². The predicted octanol–water partition coefficient (Wildman–Crippen LogP) is 1.52. The van der Waals surface area contributed by atoms with Gasteiger partial charge in [0.1, 0.15) is 17.3 Å². The maximum Gasteiger partial charge on any atom is 0.152 e. The summed E-state index contributed by atoms with van der Waals surface area (Å²) in [5, 5.41) is 0.335. The molecule has 1 aliphatic rings. The number of nitrogens with zero attached hydrogens (tertiary/aromatic N) is 3. The summed E-state index contributed by atoms with van der Waals surface area (Å²) < 4.78 is 23.6.